The van der Waals surface area contributed by atoms with Crippen LogP contribution in [0, 0.1) is 0 Å². The highest BCUT2D eigenvalue weighted by molar-refractivity contribution is 7.92. The summed E-state index contributed by atoms with van der Waals surface area (Å²) in [6.45, 7) is 0.208. The maximum absolute atomic E-state index is 12.0. The van der Waals surface area contributed by atoms with Crippen molar-refractivity contribution in [2.75, 3.05) is 10.6 Å². The fourth-order valence-electron chi connectivity index (χ4n) is 1.83. The molecular formula is C14H13Cl2NO2S. The lowest BCUT2D eigenvalue weighted by Gasteiger charge is -2.22. The lowest BCUT2D eigenvalue weighted by Crippen LogP contribution is -2.29. The Kier molecular flexibility index (Phi) is 4.58. The van der Waals surface area contributed by atoms with Crippen LogP contribution in [-0.2, 0) is 16.6 Å². The van der Waals surface area contributed by atoms with Gasteiger partial charge >= 0.3 is 0 Å². The summed E-state index contributed by atoms with van der Waals surface area (Å²) < 4.78 is 25.3. The van der Waals surface area contributed by atoms with E-state index in [4.69, 9.17) is 23.2 Å². The summed E-state index contributed by atoms with van der Waals surface area (Å²) in [4.78, 5) is 0. The van der Waals surface area contributed by atoms with Gasteiger partial charge in [-0.05, 0) is 35.9 Å². The maximum Gasteiger partial charge on any atom is 0.232 e. The monoisotopic (exact) mass is 329 g/mol. The highest BCUT2D eigenvalue weighted by Gasteiger charge is 2.18. The third-order valence-corrected chi connectivity index (χ3v) is 4.32. The number of nitrogens with zero attached hydrogens (tertiary/aromatic N) is 1. The molecule has 2 aromatic carbocycles. The van der Waals surface area contributed by atoms with Gasteiger partial charge in [-0.15, -0.1) is 0 Å². The molecule has 0 aromatic heterocycles. The van der Waals surface area contributed by atoms with E-state index in [2.05, 4.69) is 0 Å². The summed E-state index contributed by atoms with van der Waals surface area (Å²) in [5.74, 6) is 0. The molecule has 2 rings (SSSR count). The van der Waals surface area contributed by atoms with E-state index in [0.717, 1.165) is 5.56 Å². The standard InChI is InChI=1S/C14H13Cl2NO2S/c1-20(18,19)17(14-7-3-6-13(16)9-14)10-11-4-2-5-12(15)8-11/h2-9H,10H2,1H3. The van der Waals surface area contributed by atoms with Crippen LogP contribution < -0.4 is 4.31 Å². The topological polar surface area (TPSA) is 37.4 Å². The van der Waals surface area contributed by atoms with Crippen LogP contribution in [0.1, 0.15) is 5.56 Å². The second kappa shape index (κ2) is 6.04. The van der Waals surface area contributed by atoms with E-state index in [1.807, 2.05) is 6.07 Å². The largest absolute Gasteiger partial charge is 0.266 e. The molecule has 6 heteroatoms. The Hall–Kier alpha value is -1.23. The maximum atomic E-state index is 12.0. The molecule has 2 aromatic rings. The first-order valence-corrected chi connectivity index (χ1v) is 8.44. The van der Waals surface area contributed by atoms with Gasteiger partial charge in [-0.1, -0.05) is 41.4 Å². The van der Waals surface area contributed by atoms with Gasteiger partial charge in [-0.2, -0.15) is 0 Å². The lowest BCUT2D eigenvalue weighted by atomic mass is 10.2. The Morgan fingerprint density at radius 3 is 2.15 bits per heavy atom. The van der Waals surface area contributed by atoms with Crippen molar-refractivity contribution in [1.29, 1.82) is 0 Å². The zero-order chi connectivity index (χ0) is 14.8. The highest BCUT2D eigenvalue weighted by atomic mass is 35.5. The molecule has 0 amide bonds. The molecule has 20 heavy (non-hydrogen) atoms. The summed E-state index contributed by atoms with van der Waals surface area (Å²) >= 11 is 11.8. The number of benzene rings is 2. The molecule has 0 saturated carbocycles. The van der Waals surface area contributed by atoms with Gasteiger partial charge in [-0.25, -0.2) is 8.42 Å². The van der Waals surface area contributed by atoms with E-state index >= 15 is 0 Å². The minimum atomic E-state index is -3.41. The quantitative estimate of drug-likeness (QED) is 0.851. The third-order valence-electron chi connectivity index (χ3n) is 2.71. The molecule has 0 aliphatic heterocycles. The van der Waals surface area contributed by atoms with E-state index in [0.29, 0.717) is 15.7 Å². The molecule has 0 radical (unpaired) electrons. The van der Waals surface area contributed by atoms with Crippen LogP contribution in [0.5, 0.6) is 0 Å². The van der Waals surface area contributed by atoms with E-state index in [1.165, 1.54) is 10.6 Å². The van der Waals surface area contributed by atoms with Crippen LogP contribution in [0.2, 0.25) is 10.0 Å². The van der Waals surface area contributed by atoms with Crippen LogP contribution in [0.4, 0.5) is 5.69 Å². The van der Waals surface area contributed by atoms with Crippen LogP contribution in [0.3, 0.4) is 0 Å². The molecule has 0 unspecified atom stereocenters. The van der Waals surface area contributed by atoms with Gasteiger partial charge in [0.2, 0.25) is 10.0 Å². The number of halogens is 2. The molecule has 0 aliphatic carbocycles. The zero-order valence-electron chi connectivity index (χ0n) is 10.8. The summed E-state index contributed by atoms with van der Waals surface area (Å²) in [5, 5.41) is 1.06. The first-order valence-electron chi connectivity index (χ1n) is 5.84. The van der Waals surface area contributed by atoms with Crippen molar-refractivity contribution in [2.24, 2.45) is 0 Å². The smallest absolute Gasteiger partial charge is 0.232 e. The van der Waals surface area contributed by atoms with Crippen molar-refractivity contribution in [2.45, 2.75) is 6.54 Å². The number of hydrogen-bond acceptors (Lipinski definition) is 2. The van der Waals surface area contributed by atoms with Crippen LogP contribution in [0.25, 0.3) is 0 Å². The molecule has 0 aliphatic rings. The SMILES string of the molecule is CS(=O)(=O)N(Cc1cccc(Cl)c1)c1cccc(Cl)c1. The van der Waals surface area contributed by atoms with Crippen LogP contribution in [-0.4, -0.2) is 14.7 Å². The third kappa shape index (κ3) is 3.88. The zero-order valence-corrected chi connectivity index (χ0v) is 13.1. The highest BCUT2D eigenvalue weighted by Crippen LogP contribution is 2.24. The van der Waals surface area contributed by atoms with Crippen molar-refractivity contribution in [3.8, 4) is 0 Å². The Balaban J connectivity index is 2.40. The van der Waals surface area contributed by atoms with Gasteiger partial charge in [0, 0.05) is 10.0 Å². The Morgan fingerprint density at radius 1 is 1.00 bits per heavy atom. The van der Waals surface area contributed by atoms with Gasteiger partial charge in [0.25, 0.3) is 0 Å². The molecule has 0 saturated heterocycles. The summed E-state index contributed by atoms with van der Waals surface area (Å²) in [7, 11) is -3.41. The van der Waals surface area contributed by atoms with Crippen molar-refractivity contribution >= 4 is 38.9 Å². The summed E-state index contributed by atoms with van der Waals surface area (Å²) in [6, 6.07) is 13.8. The van der Waals surface area contributed by atoms with Crippen molar-refractivity contribution in [1.82, 2.24) is 0 Å². The van der Waals surface area contributed by atoms with Gasteiger partial charge < -0.3 is 0 Å². The van der Waals surface area contributed by atoms with Gasteiger partial charge in [0.15, 0.2) is 0 Å². The molecule has 106 valence electrons. The average Bonchev–Trinajstić information content (AvgIpc) is 2.34. The molecule has 0 fully saturated rings. The fourth-order valence-corrected chi connectivity index (χ4v) is 3.11. The summed E-state index contributed by atoms with van der Waals surface area (Å²) in [6.07, 6.45) is 1.17. The molecule has 0 atom stereocenters. The van der Waals surface area contributed by atoms with Gasteiger partial charge in [-0.3, -0.25) is 4.31 Å². The predicted molar refractivity (Wildman–Crippen MR) is 83.9 cm³/mol. The van der Waals surface area contributed by atoms with Crippen LogP contribution in [0.15, 0.2) is 48.5 Å². The van der Waals surface area contributed by atoms with E-state index in [-0.39, 0.29) is 6.54 Å². The van der Waals surface area contributed by atoms with E-state index < -0.39 is 10.0 Å². The molecule has 0 bridgehead atoms. The average molecular weight is 330 g/mol. The predicted octanol–water partition coefficient (Wildman–Crippen LogP) is 3.96. The minimum absolute atomic E-state index is 0.208. The number of hydrogen-bond donors (Lipinski definition) is 0. The van der Waals surface area contributed by atoms with Crippen molar-refractivity contribution in [3.63, 3.8) is 0 Å². The minimum Gasteiger partial charge on any atom is -0.266 e. The molecule has 0 heterocycles. The van der Waals surface area contributed by atoms with Gasteiger partial charge in [0.1, 0.15) is 0 Å². The number of anilines is 1. The first kappa shape index (κ1) is 15.2. The number of sulfonamides is 1. The molecule has 0 spiro atoms. The van der Waals surface area contributed by atoms with Crippen molar-refractivity contribution in [3.05, 3.63) is 64.1 Å². The lowest BCUT2D eigenvalue weighted by molar-refractivity contribution is 0.596. The Bertz CT molecular complexity index is 717. The van der Waals surface area contributed by atoms with Crippen molar-refractivity contribution < 1.29 is 8.42 Å². The van der Waals surface area contributed by atoms with Crippen LogP contribution >= 0.6 is 23.2 Å². The second-order valence-corrected chi connectivity index (χ2v) is 7.16. The molecule has 0 N–H and O–H groups in total. The van der Waals surface area contributed by atoms with Gasteiger partial charge in [0.05, 0.1) is 18.5 Å². The molecule has 3 nitrogen and oxygen atoms in total. The Labute approximate surface area is 128 Å². The first-order chi connectivity index (χ1) is 9.36. The molecular weight excluding hydrogens is 317 g/mol. The normalized spacial score (nSPS) is 11.3. The number of rotatable bonds is 4. The van der Waals surface area contributed by atoms with E-state index in [9.17, 15) is 8.42 Å². The second-order valence-electron chi connectivity index (χ2n) is 4.38. The fraction of sp³-hybridized carbons (Fsp3) is 0.143. The summed E-state index contributed by atoms with van der Waals surface area (Å²) in [5.41, 5.74) is 1.34. The Morgan fingerprint density at radius 2 is 1.60 bits per heavy atom. The van der Waals surface area contributed by atoms with E-state index in [1.54, 1.807) is 42.5 Å².